The third-order valence-electron chi connectivity index (χ3n) is 4.88. The number of halogens is 2. The average Bonchev–Trinajstić information content (AvgIpc) is 3.16. The van der Waals surface area contributed by atoms with E-state index in [4.69, 9.17) is 15.6 Å². The number of amides is 3. The SMILES string of the molecule is CCN(CCO)CCCCNC(=O)Nc1snc(OCc2cc(F)c(C)cc2F)c1C(N)=O. The number of aromatic nitrogens is 1. The van der Waals surface area contributed by atoms with Gasteiger partial charge in [0.2, 0.25) is 5.88 Å². The maximum atomic E-state index is 14.0. The van der Waals surface area contributed by atoms with Crippen LogP contribution in [0.15, 0.2) is 12.1 Å². The van der Waals surface area contributed by atoms with Crippen molar-refractivity contribution < 1.29 is 28.2 Å². The second-order valence-corrected chi connectivity index (χ2v) is 8.06. The zero-order chi connectivity index (χ0) is 24.4. The van der Waals surface area contributed by atoms with Crippen molar-refractivity contribution in [1.29, 1.82) is 0 Å². The number of rotatable bonds is 13. The summed E-state index contributed by atoms with van der Waals surface area (Å²) in [5.74, 6) is -2.29. The molecule has 0 bridgehead atoms. The van der Waals surface area contributed by atoms with Gasteiger partial charge in [-0.15, -0.1) is 0 Å². The van der Waals surface area contributed by atoms with Gasteiger partial charge in [0.05, 0.1) is 6.61 Å². The van der Waals surface area contributed by atoms with Crippen molar-refractivity contribution >= 4 is 28.5 Å². The minimum absolute atomic E-state index is 0.0469. The largest absolute Gasteiger partial charge is 0.471 e. The van der Waals surface area contributed by atoms with Crippen LogP contribution in [0.4, 0.5) is 18.6 Å². The molecule has 0 radical (unpaired) electrons. The van der Waals surface area contributed by atoms with E-state index in [1.807, 2.05) is 6.92 Å². The fourth-order valence-electron chi connectivity index (χ4n) is 3.00. The predicted octanol–water partition coefficient (Wildman–Crippen LogP) is 2.62. The molecule has 0 aliphatic carbocycles. The molecule has 0 fully saturated rings. The molecular weight excluding hydrogens is 456 g/mol. The number of primary amides is 1. The summed E-state index contributed by atoms with van der Waals surface area (Å²) in [5.41, 5.74) is 5.37. The number of ether oxygens (including phenoxy) is 1. The lowest BCUT2D eigenvalue weighted by molar-refractivity contribution is 0.0996. The molecule has 0 aliphatic heterocycles. The summed E-state index contributed by atoms with van der Waals surface area (Å²) in [7, 11) is 0. The molecule has 0 aliphatic rings. The average molecular weight is 486 g/mol. The highest BCUT2D eigenvalue weighted by Crippen LogP contribution is 2.31. The Bertz CT molecular complexity index is 957. The Morgan fingerprint density at radius 2 is 2.00 bits per heavy atom. The summed E-state index contributed by atoms with van der Waals surface area (Å²) < 4.78 is 37.1. The predicted molar refractivity (Wildman–Crippen MR) is 122 cm³/mol. The summed E-state index contributed by atoms with van der Waals surface area (Å²) in [6.07, 6.45) is 1.57. The lowest BCUT2D eigenvalue weighted by Crippen LogP contribution is -2.31. The molecule has 0 spiro atoms. The molecule has 5 N–H and O–H groups in total. The van der Waals surface area contributed by atoms with Crippen LogP contribution < -0.4 is 21.1 Å². The molecule has 2 rings (SSSR count). The maximum absolute atomic E-state index is 14.0. The molecule has 1 aromatic heterocycles. The van der Waals surface area contributed by atoms with Crippen molar-refractivity contribution in [3.63, 3.8) is 0 Å². The van der Waals surface area contributed by atoms with Crippen molar-refractivity contribution in [2.75, 3.05) is 38.1 Å². The first-order chi connectivity index (χ1) is 15.8. The van der Waals surface area contributed by atoms with Crippen molar-refractivity contribution in [1.82, 2.24) is 14.6 Å². The number of nitrogens with one attached hydrogen (secondary N) is 2. The normalized spacial score (nSPS) is 11.0. The van der Waals surface area contributed by atoms with Gasteiger partial charge in [-0.1, -0.05) is 6.92 Å². The Balaban J connectivity index is 1.90. The van der Waals surface area contributed by atoms with Crippen LogP contribution in [0.25, 0.3) is 0 Å². The van der Waals surface area contributed by atoms with Crippen LogP contribution in [0, 0.1) is 18.6 Å². The summed E-state index contributed by atoms with van der Waals surface area (Å²) in [4.78, 5) is 26.2. The number of hydrogen-bond acceptors (Lipinski definition) is 7. The van der Waals surface area contributed by atoms with Gasteiger partial charge in [-0.05, 0) is 62.1 Å². The zero-order valence-electron chi connectivity index (χ0n) is 18.6. The molecule has 0 atom stereocenters. The monoisotopic (exact) mass is 485 g/mol. The summed E-state index contributed by atoms with van der Waals surface area (Å²) in [5, 5.41) is 14.3. The number of urea groups is 1. The third kappa shape index (κ3) is 7.91. The quantitative estimate of drug-likeness (QED) is 0.323. The number of aliphatic hydroxyl groups excluding tert-OH is 1. The Hall–Kier alpha value is -2.83. The number of nitrogens with zero attached hydrogens (tertiary/aromatic N) is 2. The van der Waals surface area contributed by atoms with E-state index in [2.05, 4.69) is 19.9 Å². The second kappa shape index (κ2) is 13.0. The van der Waals surface area contributed by atoms with Crippen molar-refractivity contribution in [3.8, 4) is 5.88 Å². The molecule has 1 aromatic carbocycles. The van der Waals surface area contributed by atoms with E-state index < -0.39 is 23.6 Å². The molecule has 0 saturated heterocycles. The van der Waals surface area contributed by atoms with Gasteiger partial charge < -0.3 is 25.8 Å². The third-order valence-corrected chi connectivity index (χ3v) is 5.62. The molecule has 9 nitrogen and oxygen atoms in total. The Kier molecular flexibility index (Phi) is 10.4. The molecule has 33 heavy (non-hydrogen) atoms. The van der Waals surface area contributed by atoms with E-state index in [9.17, 15) is 18.4 Å². The minimum atomic E-state index is -0.881. The number of unbranched alkanes of at least 4 members (excludes halogenated alkanes) is 1. The zero-order valence-corrected chi connectivity index (χ0v) is 19.4. The van der Waals surface area contributed by atoms with Gasteiger partial charge in [-0.3, -0.25) is 10.1 Å². The van der Waals surface area contributed by atoms with Crippen LogP contribution in [0.3, 0.4) is 0 Å². The van der Waals surface area contributed by atoms with E-state index in [1.54, 1.807) is 0 Å². The Morgan fingerprint density at radius 3 is 2.67 bits per heavy atom. The smallest absolute Gasteiger partial charge is 0.319 e. The van der Waals surface area contributed by atoms with Gasteiger partial charge in [0.1, 0.15) is 28.8 Å². The van der Waals surface area contributed by atoms with Crippen LogP contribution in [-0.4, -0.2) is 59.1 Å². The molecule has 182 valence electrons. The van der Waals surface area contributed by atoms with Gasteiger partial charge in [0.25, 0.3) is 5.91 Å². The number of nitrogens with two attached hydrogens (primary N) is 1. The van der Waals surface area contributed by atoms with E-state index >= 15 is 0 Å². The number of anilines is 1. The molecule has 0 saturated carbocycles. The first-order valence-corrected chi connectivity index (χ1v) is 11.3. The summed E-state index contributed by atoms with van der Waals surface area (Å²) >= 11 is 0.788. The maximum Gasteiger partial charge on any atom is 0.319 e. The lowest BCUT2D eigenvalue weighted by Gasteiger charge is -2.18. The lowest BCUT2D eigenvalue weighted by atomic mass is 10.1. The molecule has 0 unspecified atom stereocenters. The number of carbonyl (C=O) groups is 2. The first kappa shape index (κ1) is 26.4. The number of aryl methyl sites for hydroxylation is 1. The summed E-state index contributed by atoms with van der Waals surface area (Å²) in [6.45, 7) is 5.86. The van der Waals surface area contributed by atoms with Gasteiger partial charge in [-0.25, -0.2) is 13.6 Å². The first-order valence-electron chi connectivity index (χ1n) is 10.5. The van der Waals surface area contributed by atoms with Crippen molar-refractivity contribution in [2.45, 2.75) is 33.3 Å². The van der Waals surface area contributed by atoms with Crippen molar-refractivity contribution in [2.24, 2.45) is 5.73 Å². The van der Waals surface area contributed by atoms with Gasteiger partial charge in [-0.2, -0.15) is 4.37 Å². The molecule has 3 amide bonds. The Morgan fingerprint density at radius 1 is 1.24 bits per heavy atom. The van der Waals surface area contributed by atoms with E-state index in [-0.39, 0.29) is 40.8 Å². The molecular formula is C21H29F2N5O4S. The molecule has 2 aromatic rings. The highest BCUT2D eigenvalue weighted by molar-refractivity contribution is 7.11. The van der Waals surface area contributed by atoms with Gasteiger partial charge >= 0.3 is 6.03 Å². The number of aliphatic hydroxyl groups is 1. The van der Waals surface area contributed by atoms with E-state index in [1.165, 1.54) is 6.92 Å². The number of hydrogen-bond donors (Lipinski definition) is 4. The fraction of sp³-hybridized carbons (Fsp3) is 0.476. The molecule has 12 heteroatoms. The minimum Gasteiger partial charge on any atom is -0.471 e. The highest BCUT2D eigenvalue weighted by Gasteiger charge is 2.22. The summed E-state index contributed by atoms with van der Waals surface area (Å²) in [6, 6.07) is 1.52. The second-order valence-electron chi connectivity index (χ2n) is 7.28. The van der Waals surface area contributed by atoms with Gasteiger partial charge in [0.15, 0.2) is 0 Å². The van der Waals surface area contributed by atoms with Crippen LogP contribution >= 0.6 is 11.5 Å². The number of likely N-dealkylation sites (N-methyl/N-ethyl adjacent to an activating group) is 1. The molecule has 1 heterocycles. The van der Waals surface area contributed by atoms with Crippen molar-refractivity contribution in [3.05, 3.63) is 40.5 Å². The van der Waals surface area contributed by atoms with E-state index in [0.29, 0.717) is 13.1 Å². The number of carbonyl (C=O) groups excluding carboxylic acids is 2. The van der Waals surface area contributed by atoms with Crippen LogP contribution in [0.5, 0.6) is 5.88 Å². The highest BCUT2D eigenvalue weighted by atomic mass is 32.1. The number of benzene rings is 1. The Labute approximate surface area is 195 Å². The fourth-order valence-corrected chi connectivity index (χ4v) is 3.74. The van der Waals surface area contributed by atoms with E-state index in [0.717, 1.165) is 49.6 Å². The van der Waals surface area contributed by atoms with Crippen LogP contribution in [-0.2, 0) is 6.61 Å². The van der Waals surface area contributed by atoms with Crippen LogP contribution in [0.2, 0.25) is 0 Å². The van der Waals surface area contributed by atoms with Gasteiger partial charge in [0, 0.05) is 18.7 Å². The topological polar surface area (TPSA) is 130 Å². The van der Waals surface area contributed by atoms with Crippen LogP contribution in [0.1, 0.15) is 41.3 Å². The standard InChI is InChI=1S/C21H29F2N5O4S/c1-3-28(8-9-29)7-5-4-6-25-21(31)26-20-17(18(24)30)19(27-33-20)32-12-14-11-15(22)13(2)10-16(14)23/h10-11,29H,3-9,12H2,1-2H3,(H2,24,30)(H2,25,26,31).